The number of imidazole rings is 1. The lowest BCUT2D eigenvalue weighted by molar-refractivity contribution is -0.118. The molecule has 30 heavy (non-hydrogen) atoms. The first-order valence-corrected chi connectivity index (χ1v) is 9.78. The standard InChI is InChI=1S/C20H20N8O2/c29-19(18(28-12-21-25-26-28)13-6-2-1-3-7-13)22-16-10-14-15(24-20(30)23-14)11-17(16)27-8-4-5-9-27/h1-3,6-7,10-12,18H,4-5,8-9H2,(H,22,29)(H2,23,24,30). The van der Waals surface area contributed by atoms with E-state index in [2.05, 4.69) is 35.7 Å². The number of H-pyrrole nitrogens is 2. The molecule has 0 bridgehead atoms. The largest absolute Gasteiger partial charge is 0.370 e. The van der Waals surface area contributed by atoms with E-state index in [1.807, 2.05) is 36.4 Å². The van der Waals surface area contributed by atoms with Gasteiger partial charge in [0.1, 0.15) is 6.33 Å². The number of carbonyl (C=O) groups excluding carboxylic acids is 1. The number of amides is 1. The Morgan fingerprint density at radius 1 is 1.07 bits per heavy atom. The molecule has 0 spiro atoms. The first-order valence-electron chi connectivity index (χ1n) is 9.78. The molecule has 0 radical (unpaired) electrons. The number of hydrogen-bond donors (Lipinski definition) is 3. The van der Waals surface area contributed by atoms with Crippen LogP contribution in [0.3, 0.4) is 0 Å². The zero-order chi connectivity index (χ0) is 20.5. The Morgan fingerprint density at radius 3 is 2.50 bits per heavy atom. The van der Waals surface area contributed by atoms with Crippen LogP contribution in [-0.2, 0) is 4.79 Å². The zero-order valence-corrected chi connectivity index (χ0v) is 16.1. The van der Waals surface area contributed by atoms with E-state index >= 15 is 0 Å². The third-order valence-electron chi connectivity index (χ3n) is 5.33. The molecular weight excluding hydrogens is 384 g/mol. The zero-order valence-electron chi connectivity index (χ0n) is 16.1. The van der Waals surface area contributed by atoms with E-state index in [0.717, 1.165) is 37.2 Å². The van der Waals surface area contributed by atoms with Crippen molar-refractivity contribution in [2.75, 3.05) is 23.3 Å². The van der Waals surface area contributed by atoms with Crippen molar-refractivity contribution in [3.05, 3.63) is 64.8 Å². The molecule has 1 unspecified atom stereocenters. The number of nitrogens with one attached hydrogen (secondary N) is 3. The van der Waals surface area contributed by atoms with Gasteiger partial charge in [0.2, 0.25) is 0 Å². The molecule has 3 heterocycles. The molecule has 1 amide bonds. The molecule has 2 aromatic heterocycles. The molecule has 5 rings (SSSR count). The van der Waals surface area contributed by atoms with Crippen molar-refractivity contribution < 1.29 is 4.79 Å². The van der Waals surface area contributed by atoms with E-state index in [4.69, 9.17) is 0 Å². The van der Waals surface area contributed by atoms with Crippen molar-refractivity contribution >= 4 is 28.3 Å². The predicted molar refractivity (Wildman–Crippen MR) is 111 cm³/mol. The van der Waals surface area contributed by atoms with Crippen molar-refractivity contribution in [2.45, 2.75) is 18.9 Å². The Bertz CT molecular complexity index is 1220. The van der Waals surface area contributed by atoms with Crippen LogP contribution < -0.4 is 15.9 Å². The topological polar surface area (TPSA) is 125 Å². The van der Waals surface area contributed by atoms with Gasteiger partial charge in [-0.15, -0.1) is 5.10 Å². The lowest BCUT2D eigenvalue weighted by atomic mass is 10.1. The number of aromatic nitrogens is 6. The maximum Gasteiger partial charge on any atom is 0.323 e. The molecule has 2 aromatic carbocycles. The molecule has 10 nitrogen and oxygen atoms in total. The van der Waals surface area contributed by atoms with Gasteiger partial charge in [0.05, 0.1) is 22.4 Å². The maximum absolute atomic E-state index is 13.4. The minimum absolute atomic E-state index is 0.272. The summed E-state index contributed by atoms with van der Waals surface area (Å²) in [7, 11) is 0. The SMILES string of the molecule is O=C(Nc1cc2[nH]c(=O)[nH]c2cc1N1CCCC1)C(c1ccccc1)n1cnnn1. The van der Waals surface area contributed by atoms with Crippen molar-refractivity contribution in [1.82, 2.24) is 30.2 Å². The molecule has 4 aromatic rings. The monoisotopic (exact) mass is 404 g/mol. The number of aromatic amines is 2. The van der Waals surface area contributed by atoms with Crippen LogP contribution in [0.25, 0.3) is 11.0 Å². The lowest BCUT2D eigenvalue weighted by Gasteiger charge is -2.23. The number of hydrogen-bond acceptors (Lipinski definition) is 6. The Hall–Kier alpha value is -3.95. The lowest BCUT2D eigenvalue weighted by Crippen LogP contribution is -2.29. The Balaban J connectivity index is 1.55. The van der Waals surface area contributed by atoms with Gasteiger partial charge in [-0.2, -0.15) is 0 Å². The molecular formula is C20H20N8O2. The summed E-state index contributed by atoms with van der Waals surface area (Å²) in [5.41, 5.74) is 3.35. The summed E-state index contributed by atoms with van der Waals surface area (Å²) in [4.78, 5) is 32.9. The van der Waals surface area contributed by atoms with Gasteiger partial charge in [0.25, 0.3) is 5.91 Å². The normalized spacial score (nSPS) is 14.9. The number of fused-ring (bicyclic) bond motifs is 1. The molecule has 152 valence electrons. The van der Waals surface area contributed by atoms with Gasteiger partial charge in [-0.3, -0.25) is 4.79 Å². The second kappa shape index (κ2) is 7.47. The minimum atomic E-state index is -0.728. The molecule has 0 saturated carbocycles. The number of tetrazole rings is 1. The van der Waals surface area contributed by atoms with Crippen LogP contribution in [0.15, 0.2) is 53.6 Å². The van der Waals surface area contributed by atoms with Gasteiger partial charge in [-0.1, -0.05) is 30.3 Å². The molecule has 0 aliphatic carbocycles. The molecule has 1 aliphatic heterocycles. The van der Waals surface area contributed by atoms with Crippen LogP contribution in [0.2, 0.25) is 0 Å². The van der Waals surface area contributed by atoms with Gasteiger partial charge in [-0.25, -0.2) is 9.48 Å². The number of nitrogens with zero attached hydrogens (tertiary/aromatic N) is 5. The van der Waals surface area contributed by atoms with Crippen molar-refractivity contribution in [3.63, 3.8) is 0 Å². The fourth-order valence-electron chi connectivity index (χ4n) is 3.94. The highest BCUT2D eigenvalue weighted by Gasteiger charge is 2.26. The average Bonchev–Trinajstić information content (AvgIpc) is 3.50. The molecule has 3 N–H and O–H groups in total. The van der Waals surface area contributed by atoms with E-state index in [9.17, 15) is 9.59 Å². The number of anilines is 2. The second-order valence-corrected chi connectivity index (χ2v) is 7.28. The number of benzene rings is 2. The highest BCUT2D eigenvalue weighted by Crippen LogP contribution is 2.33. The van der Waals surface area contributed by atoms with Gasteiger partial charge in [-0.05, 0) is 41.0 Å². The summed E-state index contributed by atoms with van der Waals surface area (Å²) in [6.45, 7) is 1.80. The fourth-order valence-corrected chi connectivity index (χ4v) is 3.94. The Labute approximate surface area is 170 Å². The van der Waals surface area contributed by atoms with Crippen LogP contribution in [0.1, 0.15) is 24.4 Å². The van der Waals surface area contributed by atoms with E-state index in [0.29, 0.717) is 16.7 Å². The Kier molecular flexibility index (Phi) is 4.51. The van der Waals surface area contributed by atoms with Gasteiger partial charge in [0, 0.05) is 13.1 Å². The molecule has 1 fully saturated rings. The summed E-state index contributed by atoms with van der Waals surface area (Å²) in [6, 6.07) is 12.3. The Morgan fingerprint density at radius 2 is 1.80 bits per heavy atom. The molecule has 1 saturated heterocycles. The first kappa shape index (κ1) is 18.1. The van der Waals surface area contributed by atoms with Crippen LogP contribution in [0, 0.1) is 0 Å². The summed E-state index contributed by atoms with van der Waals surface area (Å²) < 4.78 is 1.43. The van der Waals surface area contributed by atoms with Crippen molar-refractivity contribution in [1.29, 1.82) is 0 Å². The van der Waals surface area contributed by atoms with Gasteiger partial charge >= 0.3 is 5.69 Å². The maximum atomic E-state index is 13.4. The van der Waals surface area contributed by atoms with Gasteiger partial charge < -0.3 is 20.2 Å². The quantitative estimate of drug-likeness (QED) is 0.465. The van der Waals surface area contributed by atoms with E-state index in [1.54, 1.807) is 6.07 Å². The van der Waals surface area contributed by atoms with Crippen LogP contribution in [0.5, 0.6) is 0 Å². The highest BCUT2D eigenvalue weighted by molar-refractivity contribution is 6.01. The smallest absolute Gasteiger partial charge is 0.323 e. The number of carbonyl (C=O) groups is 1. The van der Waals surface area contributed by atoms with E-state index < -0.39 is 6.04 Å². The van der Waals surface area contributed by atoms with Crippen molar-refractivity contribution in [2.24, 2.45) is 0 Å². The van der Waals surface area contributed by atoms with Crippen LogP contribution >= 0.6 is 0 Å². The fraction of sp³-hybridized carbons (Fsp3) is 0.250. The van der Waals surface area contributed by atoms with E-state index in [1.165, 1.54) is 11.0 Å². The van der Waals surface area contributed by atoms with Crippen molar-refractivity contribution in [3.8, 4) is 0 Å². The predicted octanol–water partition coefficient (Wildman–Crippen LogP) is 1.67. The first-order chi connectivity index (χ1) is 14.7. The van der Waals surface area contributed by atoms with Crippen LogP contribution in [-0.4, -0.2) is 49.2 Å². The number of rotatable bonds is 5. The average molecular weight is 404 g/mol. The summed E-state index contributed by atoms with van der Waals surface area (Å²) in [5.74, 6) is -0.272. The second-order valence-electron chi connectivity index (χ2n) is 7.28. The van der Waals surface area contributed by atoms with E-state index in [-0.39, 0.29) is 11.6 Å². The molecule has 10 heteroatoms. The summed E-state index contributed by atoms with van der Waals surface area (Å²) in [6.07, 6.45) is 3.60. The summed E-state index contributed by atoms with van der Waals surface area (Å²) in [5, 5.41) is 14.3. The highest BCUT2D eigenvalue weighted by atomic mass is 16.2. The third-order valence-corrected chi connectivity index (χ3v) is 5.33. The summed E-state index contributed by atoms with van der Waals surface area (Å²) >= 11 is 0. The minimum Gasteiger partial charge on any atom is -0.370 e. The molecule has 1 aliphatic rings. The van der Waals surface area contributed by atoms with Crippen LogP contribution in [0.4, 0.5) is 11.4 Å². The third kappa shape index (κ3) is 3.32. The van der Waals surface area contributed by atoms with Gasteiger partial charge in [0.15, 0.2) is 6.04 Å². The molecule has 1 atom stereocenters.